The molecule has 8 rings (SSSR count). The van der Waals surface area contributed by atoms with Crippen molar-refractivity contribution in [1.82, 2.24) is 30.2 Å². The summed E-state index contributed by atoms with van der Waals surface area (Å²) in [6, 6.07) is 26.6. The van der Waals surface area contributed by atoms with E-state index >= 15 is 0 Å². The van der Waals surface area contributed by atoms with Crippen molar-refractivity contribution in [2.45, 2.75) is 50.1 Å². The molecule has 0 saturated carbocycles. The zero-order chi connectivity index (χ0) is 31.6. The summed E-state index contributed by atoms with van der Waals surface area (Å²) in [5.41, 5.74) is 6.45. The van der Waals surface area contributed by atoms with Gasteiger partial charge in [-0.25, -0.2) is 14.8 Å². The predicted octanol–water partition coefficient (Wildman–Crippen LogP) is 6.78. The van der Waals surface area contributed by atoms with E-state index in [0.717, 1.165) is 58.0 Å². The summed E-state index contributed by atoms with van der Waals surface area (Å²) in [6.07, 6.45) is 6.81. The third-order valence-corrected chi connectivity index (χ3v) is 9.56. The smallest absolute Gasteiger partial charge is 0.413 e. The molecule has 1 amide bonds. The number of aromatic nitrogens is 4. The molecule has 10 nitrogen and oxygen atoms in total. The standard InChI is InChI=1S/C37H38N6O4/c44-36(46-23-25-5-2-1-3-6-25)43-33(24-47-37(43)16-19-45-20-17-37)35-40-22-32(42-35)29-14-10-27(11-15-29)26-8-12-28(13-9-26)31-21-39-34(41-31)30-7-4-18-38-30/h1-3,5-6,8-15,21-22,30,33,38H,4,7,16-20,23-24H2,(H,39,41)(H,40,42)/t30-,33-/m0/s1. The minimum absolute atomic E-state index is 0.191. The highest BCUT2D eigenvalue weighted by atomic mass is 16.6. The number of amides is 1. The van der Waals surface area contributed by atoms with Gasteiger partial charge in [0.1, 0.15) is 24.3 Å². The van der Waals surface area contributed by atoms with Crippen molar-refractivity contribution in [3.05, 3.63) is 108 Å². The van der Waals surface area contributed by atoms with Gasteiger partial charge in [-0.2, -0.15) is 0 Å². The summed E-state index contributed by atoms with van der Waals surface area (Å²) in [5.74, 6) is 1.68. The maximum Gasteiger partial charge on any atom is 0.413 e. The van der Waals surface area contributed by atoms with Crippen LogP contribution in [0.1, 0.15) is 55.0 Å². The number of carbonyl (C=O) groups is 1. The number of hydrogen-bond acceptors (Lipinski definition) is 7. The Labute approximate surface area is 273 Å². The lowest BCUT2D eigenvalue weighted by molar-refractivity contribution is -0.137. The first kappa shape index (κ1) is 29.6. The molecule has 0 radical (unpaired) electrons. The molecule has 0 aliphatic carbocycles. The van der Waals surface area contributed by atoms with E-state index in [4.69, 9.17) is 19.2 Å². The zero-order valence-corrected chi connectivity index (χ0v) is 26.2. The van der Waals surface area contributed by atoms with Crippen molar-refractivity contribution in [1.29, 1.82) is 0 Å². The fourth-order valence-corrected chi connectivity index (χ4v) is 6.94. The Kier molecular flexibility index (Phi) is 8.06. The predicted molar refractivity (Wildman–Crippen MR) is 177 cm³/mol. The quantitative estimate of drug-likeness (QED) is 0.182. The Hall–Kier alpha value is -4.77. The number of carbonyl (C=O) groups excluding carboxylic acids is 1. The number of benzene rings is 3. The van der Waals surface area contributed by atoms with E-state index in [9.17, 15) is 4.79 Å². The van der Waals surface area contributed by atoms with Crippen LogP contribution in [0.3, 0.4) is 0 Å². The third kappa shape index (κ3) is 5.95. The monoisotopic (exact) mass is 630 g/mol. The lowest BCUT2D eigenvalue weighted by atomic mass is 10.0. The van der Waals surface area contributed by atoms with Crippen LogP contribution in [0.5, 0.6) is 0 Å². The highest BCUT2D eigenvalue weighted by Gasteiger charge is 2.53. The van der Waals surface area contributed by atoms with Gasteiger partial charge in [0.15, 0.2) is 5.72 Å². The van der Waals surface area contributed by atoms with Gasteiger partial charge in [0.25, 0.3) is 0 Å². The van der Waals surface area contributed by atoms with E-state index in [1.165, 1.54) is 6.42 Å². The molecule has 47 heavy (non-hydrogen) atoms. The fourth-order valence-electron chi connectivity index (χ4n) is 6.94. The summed E-state index contributed by atoms with van der Waals surface area (Å²) in [5, 5.41) is 3.50. The van der Waals surface area contributed by atoms with Crippen LogP contribution >= 0.6 is 0 Å². The molecule has 3 saturated heterocycles. The van der Waals surface area contributed by atoms with Gasteiger partial charge in [-0.05, 0) is 47.2 Å². The summed E-state index contributed by atoms with van der Waals surface area (Å²) < 4.78 is 17.8. The molecule has 240 valence electrons. The van der Waals surface area contributed by atoms with Crippen LogP contribution in [0.25, 0.3) is 33.6 Å². The van der Waals surface area contributed by atoms with Crippen LogP contribution < -0.4 is 5.32 Å². The average Bonchev–Trinajstić information content (AvgIpc) is 3.96. The first-order valence-corrected chi connectivity index (χ1v) is 16.4. The Bertz CT molecular complexity index is 1810. The van der Waals surface area contributed by atoms with Crippen LogP contribution in [-0.2, 0) is 20.8 Å². The van der Waals surface area contributed by atoms with E-state index in [1.54, 1.807) is 4.90 Å². The van der Waals surface area contributed by atoms with Crippen LogP contribution in [0.2, 0.25) is 0 Å². The highest BCUT2D eigenvalue weighted by molar-refractivity contribution is 5.72. The van der Waals surface area contributed by atoms with Gasteiger partial charge < -0.3 is 29.5 Å². The number of H-pyrrole nitrogens is 2. The van der Waals surface area contributed by atoms with E-state index in [2.05, 4.69) is 68.8 Å². The molecule has 3 N–H and O–H groups in total. The van der Waals surface area contributed by atoms with Gasteiger partial charge in [-0.1, -0.05) is 78.9 Å². The summed E-state index contributed by atoms with van der Waals surface area (Å²) in [7, 11) is 0. The highest BCUT2D eigenvalue weighted by Crippen LogP contribution is 2.43. The maximum atomic E-state index is 13.6. The van der Waals surface area contributed by atoms with Gasteiger partial charge in [0.2, 0.25) is 0 Å². The number of imidazole rings is 2. The number of hydrogen-bond donors (Lipinski definition) is 3. The number of nitrogens with one attached hydrogen (secondary N) is 3. The first-order valence-electron chi connectivity index (χ1n) is 16.4. The second-order valence-electron chi connectivity index (χ2n) is 12.5. The molecule has 2 atom stereocenters. The average molecular weight is 631 g/mol. The molecule has 1 spiro atoms. The molecule has 3 aliphatic rings. The molecule has 3 aromatic carbocycles. The van der Waals surface area contributed by atoms with E-state index < -0.39 is 17.9 Å². The molecule has 0 bridgehead atoms. The van der Waals surface area contributed by atoms with E-state index in [1.807, 2.05) is 42.7 Å². The fraction of sp³-hybridized carbons (Fsp3) is 0.324. The van der Waals surface area contributed by atoms with Crippen molar-refractivity contribution < 1.29 is 19.0 Å². The lowest BCUT2D eigenvalue weighted by Gasteiger charge is -2.40. The van der Waals surface area contributed by atoms with Crippen LogP contribution in [0.4, 0.5) is 4.79 Å². The molecular formula is C37H38N6O4. The van der Waals surface area contributed by atoms with Crippen LogP contribution in [0.15, 0.2) is 91.3 Å². The zero-order valence-electron chi connectivity index (χ0n) is 26.2. The van der Waals surface area contributed by atoms with E-state index in [0.29, 0.717) is 44.5 Å². The van der Waals surface area contributed by atoms with Crippen molar-refractivity contribution in [2.24, 2.45) is 0 Å². The second kappa shape index (κ2) is 12.8. The maximum absolute atomic E-state index is 13.6. The Morgan fingerprint density at radius 3 is 2.09 bits per heavy atom. The van der Waals surface area contributed by atoms with Gasteiger partial charge in [-0.3, -0.25) is 4.90 Å². The Balaban J connectivity index is 0.971. The Morgan fingerprint density at radius 2 is 1.45 bits per heavy atom. The SMILES string of the molecule is O=C(OCc1ccccc1)N1[C@H](c2ncc(-c3ccc(-c4ccc(-c5cnc([C@@H]6CCCN6)[nH]5)cc4)cc3)[nH]2)COC12CCOCC2. The largest absolute Gasteiger partial charge is 0.444 e. The van der Waals surface area contributed by atoms with Crippen molar-refractivity contribution in [3.63, 3.8) is 0 Å². The number of aromatic amines is 2. The molecule has 10 heteroatoms. The van der Waals surface area contributed by atoms with Gasteiger partial charge in [-0.15, -0.1) is 0 Å². The topological polar surface area (TPSA) is 117 Å². The molecule has 3 fully saturated rings. The van der Waals surface area contributed by atoms with E-state index in [-0.39, 0.29) is 6.61 Å². The summed E-state index contributed by atoms with van der Waals surface area (Å²) >= 11 is 0. The lowest BCUT2D eigenvalue weighted by Crippen LogP contribution is -2.52. The van der Waals surface area contributed by atoms with Gasteiger partial charge in [0.05, 0.1) is 49.6 Å². The molecule has 5 aromatic rings. The minimum atomic E-state index is -0.770. The molecule has 2 aromatic heterocycles. The first-order chi connectivity index (χ1) is 23.1. The molecule has 3 aliphatic heterocycles. The van der Waals surface area contributed by atoms with Crippen molar-refractivity contribution in [3.8, 4) is 33.6 Å². The second-order valence-corrected chi connectivity index (χ2v) is 12.5. The molecule has 0 unspecified atom stereocenters. The van der Waals surface area contributed by atoms with Crippen LogP contribution in [-0.4, -0.2) is 63.0 Å². The summed E-state index contributed by atoms with van der Waals surface area (Å²) in [6.45, 7) is 2.62. The number of rotatable bonds is 7. The van der Waals surface area contributed by atoms with Gasteiger partial charge in [0, 0.05) is 12.8 Å². The Morgan fingerprint density at radius 1 is 0.830 bits per heavy atom. The molecule has 5 heterocycles. The molecular weight excluding hydrogens is 592 g/mol. The number of nitrogens with zero attached hydrogens (tertiary/aromatic N) is 3. The normalized spacial score (nSPS) is 20.6. The third-order valence-electron chi connectivity index (χ3n) is 9.56. The van der Waals surface area contributed by atoms with Crippen molar-refractivity contribution in [2.75, 3.05) is 26.4 Å². The van der Waals surface area contributed by atoms with Gasteiger partial charge >= 0.3 is 6.09 Å². The number of ether oxygens (including phenoxy) is 3. The summed E-state index contributed by atoms with van der Waals surface area (Å²) in [4.78, 5) is 31.7. The van der Waals surface area contributed by atoms with Crippen LogP contribution in [0, 0.1) is 0 Å². The minimum Gasteiger partial charge on any atom is -0.444 e. The van der Waals surface area contributed by atoms with Crippen molar-refractivity contribution >= 4 is 6.09 Å².